The summed E-state index contributed by atoms with van der Waals surface area (Å²) >= 11 is 0. The lowest BCUT2D eigenvalue weighted by Gasteiger charge is -2.11. The van der Waals surface area contributed by atoms with Gasteiger partial charge in [0.05, 0.1) is 18.6 Å². The standard InChI is InChI=1S/C18H16F2N2O3/c19-14-12(18-23-8-9-24-18)10-13-16(15(14)20)25-22-17(13)21-7-6-11-4-2-1-3-5-11/h1-5,10,18H,6-9H2,(H,21,22). The predicted octanol–water partition coefficient (Wildman–Crippen LogP) is 3.81. The first-order chi connectivity index (χ1) is 12.2. The molecule has 0 amide bonds. The number of anilines is 1. The molecule has 1 aliphatic heterocycles. The van der Waals surface area contributed by atoms with Crippen molar-refractivity contribution in [3.8, 4) is 0 Å². The Morgan fingerprint density at radius 2 is 1.84 bits per heavy atom. The molecule has 0 atom stereocenters. The van der Waals surface area contributed by atoms with Crippen LogP contribution in [0, 0.1) is 11.6 Å². The van der Waals surface area contributed by atoms with E-state index in [-0.39, 0.29) is 11.1 Å². The van der Waals surface area contributed by atoms with Crippen LogP contribution in [0.5, 0.6) is 0 Å². The van der Waals surface area contributed by atoms with Crippen molar-refractivity contribution < 1.29 is 22.8 Å². The molecule has 4 rings (SSSR count). The summed E-state index contributed by atoms with van der Waals surface area (Å²) in [5.74, 6) is -1.76. The van der Waals surface area contributed by atoms with Crippen molar-refractivity contribution >= 4 is 16.8 Å². The summed E-state index contributed by atoms with van der Waals surface area (Å²) in [5, 5.41) is 7.29. The molecule has 1 aliphatic rings. The van der Waals surface area contributed by atoms with Crippen LogP contribution in [0.4, 0.5) is 14.6 Å². The summed E-state index contributed by atoms with van der Waals surface area (Å²) in [6.45, 7) is 1.27. The molecule has 0 spiro atoms. The van der Waals surface area contributed by atoms with Crippen molar-refractivity contribution in [3.05, 3.63) is 59.2 Å². The summed E-state index contributed by atoms with van der Waals surface area (Å²) in [5.41, 5.74) is 0.951. The molecular weight excluding hydrogens is 330 g/mol. The molecule has 1 saturated heterocycles. The number of aromatic nitrogens is 1. The third kappa shape index (κ3) is 3.08. The molecule has 5 nitrogen and oxygen atoms in total. The number of nitrogens with zero attached hydrogens (tertiary/aromatic N) is 1. The third-order valence-electron chi connectivity index (χ3n) is 4.10. The fourth-order valence-electron chi connectivity index (χ4n) is 2.84. The van der Waals surface area contributed by atoms with Crippen LogP contribution in [-0.4, -0.2) is 24.9 Å². The second kappa shape index (κ2) is 6.78. The van der Waals surface area contributed by atoms with Crippen molar-refractivity contribution in [2.75, 3.05) is 25.1 Å². The fourth-order valence-corrected chi connectivity index (χ4v) is 2.84. The number of rotatable bonds is 5. The molecule has 0 aliphatic carbocycles. The Morgan fingerprint density at radius 3 is 2.60 bits per heavy atom. The number of hydrogen-bond donors (Lipinski definition) is 1. The van der Waals surface area contributed by atoms with Crippen LogP contribution in [0.15, 0.2) is 40.9 Å². The summed E-state index contributed by atoms with van der Waals surface area (Å²) in [7, 11) is 0. The second-order valence-corrected chi connectivity index (χ2v) is 5.74. The lowest BCUT2D eigenvalue weighted by molar-refractivity contribution is -0.0467. The third-order valence-corrected chi connectivity index (χ3v) is 4.10. The quantitative estimate of drug-likeness (QED) is 0.761. The van der Waals surface area contributed by atoms with Gasteiger partial charge in [-0.05, 0) is 18.1 Å². The molecule has 1 N–H and O–H groups in total. The van der Waals surface area contributed by atoms with E-state index in [4.69, 9.17) is 14.0 Å². The molecule has 1 aromatic heterocycles. The highest BCUT2D eigenvalue weighted by molar-refractivity contribution is 5.89. The zero-order chi connectivity index (χ0) is 17.2. The maximum absolute atomic E-state index is 14.3. The van der Waals surface area contributed by atoms with Crippen LogP contribution < -0.4 is 5.32 Å². The Bertz CT molecular complexity index is 877. The highest BCUT2D eigenvalue weighted by atomic mass is 19.2. The Hall–Kier alpha value is -2.51. The van der Waals surface area contributed by atoms with Crippen LogP contribution in [0.2, 0.25) is 0 Å². The van der Waals surface area contributed by atoms with Gasteiger partial charge in [-0.25, -0.2) is 4.39 Å². The van der Waals surface area contributed by atoms with E-state index >= 15 is 0 Å². The SMILES string of the molecule is Fc1c(C2OCCO2)cc2c(NCCc3ccccc3)noc2c1F. The highest BCUT2D eigenvalue weighted by Crippen LogP contribution is 2.34. The average molecular weight is 346 g/mol. The molecule has 130 valence electrons. The Kier molecular flexibility index (Phi) is 4.33. The molecule has 1 fully saturated rings. The van der Waals surface area contributed by atoms with Crippen LogP contribution in [0.1, 0.15) is 17.4 Å². The van der Waals surface area contributed by atoms with E-state index in [0.29, 0.717) is 31.0 Å². The molecule has 25 heavy (non-hydrogen) atoms. The van der Waals surface area contributed by atoms with Gasteiger partial charge in [-0.15, -0.1) is 0 Å². The monoisotopic (exact) mass is 346 g/mol. The maximum Gasteiger partial charge on any atom is 0.207 e. The van der Waals surface area contributed by atoms with Gasteiger partial charge in [0, 0.05) is 12.1 Å². The van der Waals surface area contributed by atoms with Gasteiger partial charge >= 0.3 is 0 Å². The van der Waals surface area contributed by atoms with E-state index < -0.39 is 17.9 Å². The lowest BCUT2D eigenvalue weighted by Crippen LogP contribution is -2.06. The molecule has 0 bridgehead atoms. The molecule has 2 aromatic carbocycles. The normalized spacial score (nSPS) is 15.1. The number of fused-ring (bicyclic) bond motifs is 1. The summed E-state index contributed by atoms with van der Waals surface area (Å²) in [4.78, 5) is 0. The molecular formula is C18H16F2N2O3. The van der Waals surface area contributed by atoms with E-state index in [0.717, 1.165) is 12.0 Å². The topological polar surface area (TPSA) is 56.5 Å². The van der Waals surface area contributed by atoms with Crippen LogP contribution >= 0.6 is 0 Å². The number of hydrogen-bond acceptors (Lipinski definition) is 5. The molecule has 0 radical (unpaired) electrons. The predicted molar refractivity (Wildman–Crippen MR) is 87.2 cm³/mol. The zero-order valence-corrected chi connectivity index (χ0v) is 13.3. The minimum absolute atomic E-state index is 0.0109. The fraction of sp³-hybridized carbons (Fsp3) is 0.278. The molecule has 2 heterocycles. The number of benzene rings is 2. The van der Waals surface area contributed by atoms with Crippen molar-refractivity contribution in [1.29, 1.82) is 0 Å². The van der Waals surface area contributed by atoms with E-state index in [9.17, 15) is 8.78 Å². The molecule has 7 heteroatoms. The zero-order valence-electron chi connectivity index (χ0n) is 13.3. The van der Waals surface area contributed by atoms with Crippen LogP contribution in [0.3, 0.4) is 0 Å². The van der Waals surface area contributed by atoms with Crippen molar-refractivity contribution in [3.63, 3.8) is 0 Å². The number of nitrogens with one attached hydrogen (secondary N) is 1. The molecule has 0 unspecified atom stereocenters. The maximum atomic E-state index is 14.3. The van der Waals surface area contributed by atoms with Crippen molar-refractivity contribution in [2.45, 2.75) is 12.7 Å². The minimum Gasteiger partial charge on any atom is -0.366 e. The molecule has 0 saturated carbocycles. The minimum atomic E-state index is -1.09. The van der Waals surface area contributed by atoms with Gasteiger partial charge in [-0.2, -0.15) is 4.39 Å². The summed E-state index contributed by atoms with van der Waals surface area (Å²) in [6.07, 6.45) is -0.147. The molecule has 3 aromatic rings. The Labute approximate surface area is 142 Å². The van der Waals surface area contributed by atoms with Gasteiger partial charge in [0.1, 0.15) is 0 Å². The van der Waals surface area contributed by atoms with Gasteiger partial charge in [0.25, 0.3) is 0 Å². The van der Waals surface area contributed by atoms with Crippen LogP contribution in [-0.2, 0) is 15.9 Å². The first kappa shape index (κ1) is 16.0. The Balaban J connectivity index is 1.59. The average Bonchev–Trinajstić information content (AvgIpc) is 3.29. The van der Waals surface area contributed by atoms with Gasteiger partial charge in [-0.3, -0.25) is 0 Å². The second-order valence-electron chi connectivity index (χ2n) is 5.74. The Morgan fingerprint density at radius 1 is 1.08 bits per heavy atom. The van der Waals surface area contributed by atoms with Crippen molar-refractivity contribution in [2.24, 2.45) is 0 Å². The largest absolute Gasteiger partial charge is 0.366 e. The number of halogens is 2. The van der Waals surface area contributed by atoms with Gasteiger partial charge < -0.3 is 19.3 Å². The van der Waals surface area contributed by atoms with Gasteiger partial charge in [0.15, 0.2) is 17.9 Å². The first-order valence-electron chi connectivity index (χ1n) is 8.02. The first-order valence-corrected chi connectivity index (χ1v) is 8.02. The van der Waals surface area contributed by atoms with E-state index in [1.165, 1.54) is 6.07 Å². The van der Waals surface area contributed by atoms with Crippen LogP contribution in [0.25, 0.3) is 11.0 Å². The summed E-state index contributed by atoms with van der Waals surface area (Å²) < 4.78 is 44.0. The van der Waals surface area contributed by atoms with E-state index in [1.807, 2.05) is 30.3 Å². The van der Waals surface area contributed by atoms with Crippen molar-refractivity contribution in [1.82, 2.24) is 5.16 Å². The smallest absolute Gasteiger partial charge is 0.207 e. The lowest BCUT2D eigenvalue weighted by atomic mass is 10.1. The van der Waals surface area contributed by atoms with E-state index in [1.54, 1.807) is 0 Å². The number of ether oxygens (including phenoxy) is 2. The summed E-state index contributed by atoms with van der Waals surface area (Å²) in [6, 6.07) is 11.4. The van der Waals surface area contributed by atoms with Gasteiger partial charge in [0.2, 0.25) is 11.4 Å². The highest BCUT2D eigenvalue weighted by Gasteiger charge is 2.28. The van der Waals surface area contributed by atoms with E-state index in [2.05, 4.69) is 10.5 Å². The van der Waals surface area contributed by atoms with Gasteiger partial charge in [-0.1, -0.05) is 35.5 Å².